The van der Waals surface area contributed by atoms with Gasteiger partial charge in [0.25, 0.3) is 0 Å². The van der Waals surface area contributed by atoms with E-state index >= 15 is 0 Å². The number of hydrogen-bond donors (Lipinski definition) is 3. The van der Waals surface area contributed by atoms with Gasteiger partial charge in [-0.05, 0) is 64.8 Å². The number of aromatic hydroxyl groups is 3. The molecule has 0 spiro atoms. The molecule has 1 atom stereocenters. The van der Waals surface area contributed by atoms with Crippen LogP contribution in [0.4, 0.5) is 0 Å². The Hall–Kier alpha value is -3.47. The van der Waals surface area contributed by atoms with E-state index in [4.69, 9.17) is 4.74 Å². The summed E-state index contributed by atoms with van der Waals surface area (Å²) in [5.41, 5.74) is 3.13. The minimum atomic E-state index is -0.550. The van der Waals surface area contributed by atoms with Gasteiger partial charge in [-0.3, -0.25) is 0 Å². The number of phenolic OH excluding ortho intramolecular Hbond substituents is 3. The zero-order valence-electron chi connectivity index (χ0n) is 18.9. The predicted octanol–water partition coefficient (Wildman–Crippen LogP) is 6.37. The summed E-state index contributed by atoms with van der Waals surface area (Å²) in [6.45, 7) is 8.78. The molecule has 0 aliphatic heterocycles. The number of rotatable bonds is 6. The van der Waals surface area contributed by atoms with E-state index in [1.165, 1.54) is 24.3 Å². The molecule has 168 valence electrons. The van der Waals surface area contributed by atoms with E-state index < -0.39 is 5.97 Å². The zero-order chi connectivity index (χ0) is 23.5. The number of hydrogen-bond acceptors (Lipinski definition) is 5. The summed E-state index contributed by atoms with van der Waals surface area (Å²) in [5.74, 6) is -0.313. The van der Waals surface area contributed by atoms with Crippen LogP contribution < -0.4 is 0 Å². The smallest absolute Gasteiger partial charge is 0.341 e. The minimum absolute atomic E-state index is 0.0698. The molecule has 5 nitrogen and oxygen atoms in total. The molecule has 3 N–H and O–H groups in total. The number of benzene rings is 3. The van der Waals surface area contributed by atoms with Crippen LogP contribution in [0.25, 0.3) is 22.3 Å². The van der Waals surface area contributed by atoms with E-state index in [-0.39, 0.29) is 34.1 Å². The van der Waals surface area contributed by atoms with Crippen molar-refractivity contribution in [1.82, 2.24) is 0 Å². The van der Waals surface area contributed by atoms with E-state index in [0.29, 0.717) is 12.2 Å². The maximum atomic E-state index is 12.6. The summed E-state index contributed by atoms with van der Waals surface area (Å²) < 4.78 is 5.46. The van der Waals surface area contributed by atoms with Crippen LogP contribution in [0, 0.1) is 11.3 Å². The van der Waals surface area contributed by atoms with Crippen molar-refractivity contribution in [3.05, 3.63) is 66.2 Å². The van der Waals surface area contributed by atoms with Gasteiger partial charge in [-0.15, -0.1) is 0 Å². The van der Waals surface area contributed by atoms with Gasteiger partial charge in [0.1, 0.15) is 22.8 Å². The number of carbonyl (C=O) groups is 1. The third kappa shape index (κ3) is 5.82. The molecule has 0 saturated heterocycles. The van der Waals surface area contributed by atoms with Crippen LogP contribution in [0.3, 0.4) is 0 Å². The van der Waals surface area contributed by atoms with Gasteiger partial charge in [0, 0.05) is 5.56 Å². The fourth-order valence-corrected chi connectivity index (χ4v) is 3.88. The van der Waals surface area contributed by atoms with Crippen LogP contribution in [0.15, 0.2) is 60.7 Å². The topological polar surface area (TPSA) is 87.0 Å². The minimum Gasteiger partial charge on any atom is -0.508 e. The largest absolute Gasteiger partial charge is 0.508 e. The summed E-state index contributed by atoms with van der Waals surface area (Å²) >= 11 is 0. The molecular formula is C27H30O5. The van der Waals surface area contributed by atoms with Crippen molar-refractivity contribution in [3.8, 4) is 39.5 Å². The molecule has 1 unspecified atom stereocenters. The summed E-state index contributed by atoms with van der Waals surface area (Å²) in [7, 11) is 0. The standard InChI is InChI=1S/C27H30O5/c1-17(15-27(2,3)4)16-32-26(31)23-13-20(9-11-25(23)30)18-5-7-19(8-6-18)22-14-21(28)10-12-24(22)29/h5-14,17,28-30H,15-16H2,1-4H3. The van der Waals surface area contributed by atoms with Gasteiger partial charge in [0.15, 0.2) is 0 Å². The van der Waals surface area contributed by atoms with Crippen molar-refractivity contribution in [3.63, 3.8) is 0 Å². The third-order valence-corrected chi connectivity index (χ3v) is 5.19. The Kier molecular flexibility index (Phi) is 6.78. The molecule has 0 radical (unpaired) electrons. The van der Waals surface area contributed by atoms with E-state index in [0.717, 1.165) is 23.1 Å². The second kappa shape index (κ2) is 9.35. The highest BCUT2D eigenvalue weighted by atomic mass is 16.5. The molecule has 0 aliphatic carbocycles. The SMILES string of the molecule is CC(COC(=O)c1cc(-c2ccc(-c3cc(O)ccc3O)cc2)ccc1O)CC(C)(C)C. The summed E-state index contributed by atoms with van der Waals surface area (Å²) in [6, 6.07) is 16.6. The number of phenols is 3. The quantitative estimate of drug-likeness (QED) is 0.310. The molecule has 0 bridgehead atoms. The van der Waals surface area contributed by atoms with Gasteiger partial charge in [-0.25, -0.2) is 4.79 Å². The third-order valence-electron chi connectivity index (χ3n) is 5.19. The number of carbonyl (C=O) groups excluding carboxylic acids is 1. The first-order valence-electron chi connectivity index (χ1n) is 10.7. The molecule has 0 heterocycles. The highest BCUT2D eigenvalue weighted by Crippen LogP contribution is 2.34. The summed E-state index contributed by atoms with van der Waals surface area (Å²) in [4.78, 5) is 12.6. The molecule has 3 rings (SSSR count). The van der Waals surface area contributed by atoms with Crippen LogP contribution in [0.2, 0.25) is 0 Å². The van der Waals surface area contributed by atoms with E-state index in [1.54, 1.807) is 12.1 Å². The lowest BCUT2D eigenvalue weighted by molar-refractivity contribution is 0.0417. The molecule has 0 saturated carbocycles. The van der Waals surface area contributed by atoms with Crippen molar-refractivity contribution in [2.45, 2.75) is 34.1 Å². The normalized spacial score (nSPS) is 12.4. The fourth-order valence-electron chi connectivity index (χ4n) is 3.88. The maximum Gasteiger partial charge on any atom is 0.341 e. The van der Waals surface area contributed by atoms with Crippen LogP contribution in [-0.4, -0.2) is 27.9 Å². The Morgan fingerprint density at radius 1 is 0.844 bits per heavy atom. The fraction of sp³-hybridized carbons (Fsp3) is 0.296. The first kappa shape index (κ1) is 23.2. The highest BCUT2D eigenvalue weighted by Gasteiger charge is 2.19. The Labute approximate surface area is 188 Å². The van der Waals surface area contributed by atoms with Gasteiger partial charge in [0.05, 0.1) is 6.61 Å². The van der Waals surface area contributed by atoms with Gasteiger partial charge >= 0.3 is 5.97 Å². The second-order valence-electron chi connectivity index (χ2n) is 9.48. The van der Waals surface area contributed by atoms with Gasteiger partial charge in [-0.2, -0.15) is 0 Å². The Balaban J connectivity index is 1.78. The Bertz CT molecular complexity index is 1090. The first-order chi connectivity index (χ1) is 15.0. The van der Waals surface area contributed by atoms with E-state index in [1.807, 2.05) is 31.2 Å². The van der Waals surface area contributed by atoms with E-state index in [9.17, 15) is 20.1 Å². The maximum absolute atomic E-state index is 12.6. The average Bonchev–Trinajstić information content (AvgIpc) is 2.73. The van der Waals surface area contributed by atoms with Crippen LogP contribution in [0.1, 0.15) is 44.5 Å². The molecule has 3 aromatic carbocycles. The molecule has 0 amide bonds. The number of ether oxygens (including phenoxy) is 1. The predicted molar refractivity (Wildman–Crippen MR) is 126 cm³/mol. The molecule has 3 aromatic rings. The molecule has 0 aliphatic rings. The van der Waals surface area contributed by atoms with Crippen molar-refractivity contribution in [2.24, 2.45) is 11.3 Å². The lowest BCUT2D eigenvalue weighted by Gasteiger charge is -2.23. The summed E-state index contributed by atoms with van der Waals surface area (Å²) in [5, 5.41) is 30.0. The number of esters is 1. The zero-order valence-corrected chi connectivity index (χ0v) is 18.9. The van der Waals surface area contributed by atoms with Gasteiger partial charge in [0.2, 0.25) is 0 Å². The second-order valence-corrected chi connectivity index (χ2v) is 9.48. The Morgan fingerprint density at radius 2 is 1.44 bits per heavy atom. The summed E-state index contributed by atoms with van der Waals surface area (Å²) in [6.07, 6.45) is 0.924. The van der Waals surface area contributed by atoms with Gasteiger partial charge < -0.3 is 20.1 Å². The average molecular weight is 435 g/mol. The van der Waals surface area contributed by atoms with Gasteiger partial charge in [-0.1, -0.05) is 58.0 Å². The lowest BCUT2D eigenvalue weighted by Crippen LogP contribution is -2.18. The van der Waals surface area contributed by atoms with Crippen molar-refractivity contribution >= 4 is 5.97 Å². The van der Waals surface area contributed by atoms with Crippen molar-refractivity contribution < 1.29 is 24.9 Å². The monoisotopic (exact) mass is 434 g/mol. The molecule has 0 fully saturated rings. The van der Waals surface area contributed by atoms with Crippen molar-refractivity contribution in [1.29, 1.82) is 0 Å². The molecule has 0 aromatic heterocycles. The van der Waals surface area contributed by atoms with Crippen LogP contribution >= 0.6 is 0 Å². The van der Waals surface area contributed by atoms with Crippen LogP contribution in [0.5, 0.6) is 17.2 Å². The molecule has 32 heavy (non-hydrogen) atoms. The highest BCUT2D eigenvalue weighted by molar-refractivity contribution is 5.94. The molecule has 5 heteroatoms. The lowest BCUT2D eigenvalue weighted by atomic mass is 9.86. The van der Waals surface area contributed by atoms with Crippen LogP contribution in [-0.2, 0) is 4.74 Å². The van der Waals surface area contributed by atoms with E-state index in [2.05, 4.69) is 20.8 Å². The van der Waals surface area contributed by atoms with Crippen molar-refractivity contribution in [2.75, 3.05) is 6.61 Å². The molecular weight excluding hydrogens is 404 g/mol. The first-order valence-corrected chi connectivity index (χ1v) is 10.7. The Morgan fingerprint density at radius 3 is 2.09 bits per heavy atom.